The molecule has 0 rings (SSSR count). The Labute approximate surface area is 83.1 Å². The van der Waals surface area contributed by atoms with E-state index in [4.69, 9.17) is 10.8 Å². The number of carbonyl (C=O) groups is 2. The van der Waals surface area contributed by atoms with Gasteiger partial charge in [0.2, 0.25) is 5.24 Å². The first-order valence-electron chi connectivity index (χ1n) is 3.91. The Balaban J connectivity index is 0. The Hall–Kier alpha value is -0.610. The highest BCUT2D eigenvalue weighted by molar-refractivity contribution is 6.62. The summed E-state index contributed by atoms with van der Waals surface area (Å²) in [6.07, 6.45) is 0.551. The van der Waals surface area contributed by atoms with Gasteiger partial charge in [-0.25, -0.2) is 0 Å². The Bertz CT molecular complexity index is 167. The third-order valence-electron chi connectivity index (χ3n) is 1.04. The fraction of sp³-hybridized carbons (Fsp3) is 0.750. The molecule has 0 radical (unpaired) electrons. The van der Waals surface area contributed by atoms with Crippen LogP contribution >= 0.6 is 11.6 Å². The van der Waals surface area contributed by atoms with E-state index in [0.717, 1.165) is 0 Å². The number of nitrogens with two attached hydrogens (primary N) is 1. The molecule has 1 unspecified atom stereocenters. The van der Waals surface area contributed by atoms with Crippen LogP contribution in [0.25, 0.3) is 0 Å². The number of halogens is 1. The lowest BCUT2D eigenvalue weighted by Gasteiger charge is -2.07. The number of aliphatic carboxylic acids is 1. The molecule has 13 heavy (non-hydrogen) atoms. The first kappa shape index (κ1) is 14.9. The van der Waals surface area contributed by atoms with Crippen LogP contribution in [0, 0.1) is 5.92 Å². The molecule has 78 valence electrons. The molecule has 0 heterocycles. The van der Waals surface area contributed by atoms with Crippen LogP contribution in [0.15, 0.2) is 0 Å². The minimum Gasteiger partial charge on any atom is -0.480 e. The smallest absolute Gasteiger partial charge is 0.320 e. The standard InChI is InChI=1S/C6H13NO2.C2H3ClO/c1-4(2)3-5(7)6(8)9;1-2(3)4/h4-5H,3,7H2,1-2H3,(H,8,9);1H3. The molecule has 4 nitrogen and oxygen atoms in total. The lowest BCUT2D eigenvalue weighted by atomic mass is 10.1. The molecule has 0 bridgehead atoms. The molecule has 3 N–H and O–H groups in total. The van der Waals surface area contributed by atoms with Crippen LogP contribution in [-0.2, 0) is 9.59 Å². The zero-order chi connectivity index (χ0) is 11.0. The van der Waals surface area contributed by atoms with E-state index in [1.807, 2.05) is 13.8 Å². The summed E-state index contributed by atoms with van der Waals surface area (Å²) in [5, 5.41) is 7.94. The molecule has 0 aliphatic heterocycles. The summed E-state index contributed by atoms with van der Waals surface area (Å²) in [7, 11) is 0. The predicted molar refractivity (Wildman–Crippen MR) is 51.6 cm³/mol. The first-order chi connectivity index (χ1) is 5.77. The van der Waals surface area contributed by atoms with Gasteiger partial charge >= 0.3 is 5.97 Å². The summed E-state index contributed by atoms with van der Waals surface area (Å²) in [6, 6.07) is -0.690. The van der Waals surface area contributed by atoms with E-state index in [2.05, 4.69) is 11.6 Å². The van der Waals surface area contributed by atoms with Crippen LogP contribution in [0.3, 0.4) is 0 Å². The van der Waals surface area contributed by atoms with E-state index < -0.39 is 12.0 Å². The average Bonchev–Trinajstić information content (AvgIpc) is 1.83. The van der Waals surface area contributed by atoms with E-state index in [-0.39, 0.29) is 5.24 Å². The quantitative estimate of drug-likeness (QED) is 0.685. The largest absolute Gasteiger partial charge is 0.480 e. The second-order valence-corrected chi connectivity index (χ2v) is 3.58. The maximum atomic E-state index is 10.1. The van der Waals surface area contributed by atoms with Gasteiger partial charge in [-0.05, 0) is 23.9 Å². The van der Waals surface area contributed by atoms with Crippen LogP contribution in [0.5, 0.6) is 0 Å². The molecular weight excluding hydrogens is 194 g/mol. The van der Waals surface area contributed by atoms with E-state index >= 15 is 0 Å². The number of carboxylic acid groups (broad SMARTS) is 1. The molecular formula is C8H16ClNO3. The number of hydrogen-bond acceptors (Lipinski definition) is 3. The van der Waals surface area contributed by atoms with Crippen molar-refractivity contribution in [3.8, 4) is 0 Å². The lowest BCUT2D eigenvalue weighted by molar-refractivity contribution is -0.138. The van der Waals surface area contributed by atoms with Crippen molar-refractivity contribution in [2.75, 3.05) is 0 Å². The number of carboxylic acids is 1. The Morgan fingerprint density at radius 2 is 1.77 bits per heavy atom. The maximum Gasteiger partial charge on any atom is 0.320 e. The molecule has 0 spiro atoms. The zero-order valence-corrected chi connectivity index (χ0v) is 8.84. The van der Waals surface area contributed by atoms with Crippen LogP contribution in [0.4, 0.5) is 0 Å². The number of hydrogen-bond donors (Lipinski definition) is 2. The van der Waals surface area contributed by atoms with Crippen molar-refractivity contribution in [2.45, 2.75) is 33.2 Å². The van der Waals surface area contributed by atoms with Crippen LogP contribution < -0.4 is 5.73 Å². The normalized spacial score (nSPS) is 11.5. The van der Waals surface area contributed by atoms with Gasteiger partial charge in [-0.2, -0.15) is 0 Å². The van der Waals surface area contributed by atoms with Crippen molar-refractivity contribution in [3.63, 3.8) is 0 Å². The van der Waals surface area contributed by atoms with Gasteiger partial charge in [0.15, 0.2) is 0 Å². The van der Waals surface area contributed by atoms with Crippen molar-refractivity contribution in [1.82, 2.24) is 0 Å². The fourth-order valence-electron chi connectivity index (χ4n) is 0.609. The molecule has 0 saturated carbocycles. The van der Waals surface area contributed by atoms with Crippen molar-refractivity contribution in [2.24, 2.45) is 11.7 Å². The second-order valence-electron chi connectivity index (χ2n) is 3.04. The van der Waals surface area contributed by atoms with Crippen molar-refractivity contribution in [1.29, 1.82) is 0 Å². The SMILES string of the molecule is CC(=O)Cl.CC(C)CC(N)C(=O)O. The number of rotatable bonds is 3. The van der Waals surface area contributed by atoms with Gasteiger partial charge in [-0.1, -0.05) is 13.8 Å². The summed E-state index contributed by atoms with van der Waals surface area (Å²) < 4.78 is 0. The molecule has 0 amide bonds. The second kappa shape index (κ2) is 8.01. The molecule has 0 aliphatic rings. The van der Waals surface area contributed by atoms with Gasteiger partial charge in [0.05, 0.1) is 0 Å². The lowest BCUT2D eigenvalue weighted by Crippen LogP contribution is -2.31. The molecule has 5 heteroatoms. The molecule has 0 aliphatic carbocycles. The predicted octanol–water partition coefficient (Wildman–Crippen LogP) is 1.22. The van der Waals surface area contributed by atoms with Gasteiger partial charge in [-0.3, -0.25) is 9.59 Å². The Morgan fingerprint density at radius 1 is 1.46 bits per heavy atom. The first-order valence-corrected chi connectivity index (χ1v) is 4.29. The summed E-state index contributed by atoms with van der Waals surface area (Å²) in [4.78, 5) is 19.3. The summed E-state index contributed by atoms with van der Waals surface area (Å²) in [5.74, 6) is -0.556. The van der Waals surface area contributed by atoms with E-state index in [1.54, 1.807) is 0 Å². The third-order valence-corrected chi connectivity index (χ3v) is 1.04. The van der Waals surface area contributed by atoms with Gasteiger partial charge in [-0.15, -0.1) is 0 Å². The van der Waals surface area contributed by atoms with Crippen LogP contribution in [-0.4, -0.2) is 22.4 Å². The van der Waals surface area contributed by atoms with Crippen LogP contribution in [0.2, 0.25) is 0 Å². The van der Waals surface area contributed by atoms with Gasteiger partial charge in [0.25, 0.3) is 0 Å². The number of carbonyl (C=O) groups excluding carboxylic acids is 1. The van der Waals surface area contributed by atoms with Gasteiger partial charge in [0.1, 0.15) is 6.04 Å². The molecule has 0 aromatic carbocycles. The molecule has 0 aromatic rings. The van der Waals surface area contributed by atoms with E-state index in [0.29, 0.717) is 12.3 Å². The van der Waals surface area contributed by atoms with Crippen molar-refractivity contribution < 1.29 is 14.7 Å². The zero-order valence-electron chi connectivity index (χ0n) is 8.08. The monoisotopic (exact) mass is 209 g/mol. The van der Waals surface area contributed by atoms with Crippen LogP contribution in [0.1, 0.15) is 27.2 Å². The highest BCUT2D eigenvalue weighted by atomic mass is 35.5. The van der Waals surface area contributed by atoms with E-state index in [1.165, 1.54) is 6.92 Å². The van der Waals surface area contributed by atoms with Crippen molar-refractivity contribution in [3.05, 3.63) is 0 Å². The molecule has 0 aromatic heterocycles. The molecule has 0 fully saturated rings. The maximum absolute atomic E-state index is 10.1. The van der Waals surface area contributed by atoms with Crippen molar-refractivity contribution >= 4 is 22.8 Å². The average molecular weight is 210 g/mol. The minimum absolute atomic E-state index is 0.357. The molecule has 1 atom stereocenters. The Morgan fingerprint density at radius 3 is 1.85 bits per heavy atom. The summed E-state index contributed by atoms with van der Waals surface area (Å²) >= 11 is 4.64. The highest BCUT2D eigenvalue weighted by Gasteiger charge is 2.11. The highest BCUT2D eigenvalue weighted by Crippen LogP contribution is 2.01. The minimum atomic E-state index is -0.913. The summed E-state index contributed by atoms with van der Waals surface area (Å²) in [6.45, 7) is 5.19. The molecule has 0 saturated heterocycles. The fourth-order valence-corrected chi connectivity index (χ4v) is 0.609. The summed E-state index contributed by atoms with van der Waals surface area (Å²) in [5.41, 5.74) is 5.22. The third kappa shape index (κ3) is 18.4. The van der Waals surface area contributed by atoms with Gasteiger partial charge < -0.3 is 10.8 Å². The topological polar surface area (TPSA) is 80.4 Å². The Kier molecular flexibility index (Phi) is 9.17. The van der Waals surface area contributed by atoms with Gasteiger partial charge in [0, 0.05) is 6.92 Å². The van der Waals surface area contributed by atoms with E-state index in [9.17, 15) is 9.59 Å².